The molecule has 0 amide bonds. The van der Waals surface area contributed by atoms with E-state index in [1.807, 2.05) is 0 Å². The second-order valence-electron chi connectivity index (χ2n) is 2.46. The Morgan fingerprint density at radius 2 is 1.93 bits per heavy atom. The van der Waals surface area contributed by atoms with Crippen LogP contribution in [0.1, 0.15) is 10.4 Å². The van der Waals surface area contributed by atoms with Crippen molar-refractivity contribution in [2.24, 2.45) is 0 Å². The molecule has 2 nitrogen and oxygen atoms in total. The van der Waals surface area contributed by atoms with Gasteiger partial charge in [-0.1, -0.05) is 6.07 Å². The van der Waals surface area contributed by atoms with Crippen LogP contribution in [0.3, 0.4) is 0 Å². The molecular formula is C8H4BrF3O2. The second-order valence-corrected chi connectivity index (χ2v) is 3.32. The highest BCUT2D eigenvalue weighted by Crippen LogP contribution is 2.32. The number of halogens is 4. The number of rotatable bonds is 1. The van der Waals surface area contributed by atoms with Crippen LogP contribution in [-0.4, -0.2) is 17.1 Å². The Labute approximate surface area is 85.5 Å². The Kier molecular flexibility index (Phi) is 2.84. The average molecular weight is 269 g/mol. The number of benzene rings is 1. The number of carbonyl (C=O) groups is 1. The fourth-order valence-electron chi connectivity index (χ4n) is 0.879. The van der Waals surface area contributed by atoms with Crippen LogP contribution < -0.4 is 0 Å². The highest BCUT2D eigenvalue weighted by molar-refractivity contribution is 9.10. The summed E-state index contributed by atoms with van der Waals surface area (Å²) in [6.07, 6.45) is -4.98. The Bertz CT molecular complexity index is 353. The first-order valence-corrected chi connectivity index (χ1v) is 4.22. The van der Waals surface area contributed by atoms with E-state index in [1.54, 1.807) is 0 Å². The lowest BCUT2D eigenvalue weighted by molar-refractivity contribution is -0.0887. The first-order valence-electron chi connectivity index (χ1n) is 3.43. The minimum atomic E-state index is -4.98. The standard InChI is InChI=1S/C8H4BrF3O2/c9-4-2-1-3-5(13)6(4)7(14)8(10,11)12/h1-3,13H. The van der Waals surface area contributed by atoms with Crippen molar-refractivity contribution in [1.29, 1.82) is 0 Å². The Hall–Kier alpha value is -1.04. The van der Waals surface area contributed by atoms with Gasteiger partial charge >= 0.3 is 6.18 Å². The first kappa shape index (κ1) is 11.0. The molecule has 0 aromatic heterocycles. The summed E-state index contributed by atoms with van der Waals surface area (Å²) in [5, 5.41) is 9.07. The quantitative estimate of drug-likeness (QED) is 0.796. The fraction of sp³-hybridized carbons (Fsp3) is 0.125. The van der Waals surface area contributed by atoms with Crippen LogP contribution in [0.15, 0.2) is 22.7 Å². The lowest BCUT2D eigenvalue weighted by atomic mass is 10.1. The molecule has 0 heterocycles. The van der Waals surface area contributed by atoms with Crippen molar-refractivity contribution in [2.75, 3.05) is 0 Å². The van der Waals surface area contributed by atoms with E-state index in [-0.39, 0.29) is 4.47 Å². The summed E-state index contributed by atoms with van der Waals surface area (Å²) in [6.45, 7) is 0. The summed E-state index contributed by atoms with van der Waals surface area (Å²) in [5.41, 5.74) is -0.764. The van der Waals surface area contributed by atoms with Crippen molar-refractivity contribution in [2.45, 2.75) is 6.18 Å². The number of alkyl halides is 3. The highest BCUT2D eigenvalue weighted by atomic mass is 79.9. The minimum Gasteiger partial charge on any atom is -0.507 e. The Morgan fingerprint density at radius 3 is 2.36 bits per heavy atom. The van der Waals surface area contributed by atoms with Crippen molar-refractivity contribution in [1.82, 2.24) is 0 Å². The highest BCUT2D eigenvalue weighted by Gasteiger charge is 2.41. The molecule has 0 atom stereocenters. The van der Waals surface area contributed by atoms with Crippen molar-refractivity contribution in [3.05, 3.63) is 28.2 Å². The first-order chi connectivity index (χ1) is 6.34. The van der Waals surface area contributed by atoms with E-state index in [0.717, 1.165) is 6.07 Å². The minimum absolute atomic E-state index is 0.0835. The Morgan fingerprint density at radius 1 is 1.36 bits per heavy atom. The van der Waals surface area contributed by atoms with Crippen LogP contribution in [-0.2, 0) is 0 Å². The largest absolute Gasteiger partial charge is 0.507 e. The number of hydrogen-bond acceptors (Lipinski definition) is 2. The number of phenolic OH excluding ortho intramolecular Hbond substituents is 1. The molecular weight excluding hydrogens is 265 g/mol. The van der Waals surface area contributed by atoms with Gasteiger partial charge in [-0.15, -0.1) is 0 Å². The van der Waals surface area contributed by atoms with Gasteiger partial charge in [0.25, 0.3) is 5.78 Å². The molecule has 1 aromatic rings. The molecule has 0 aliphatic rings. The van der Waals surface area contributed by atoms with Gasteiger partial charge in [0, 0.05) is 4.47 Å². The van der Waals surface area contributed by atoms with Crippen molar-refractivity contribution < 1.29 is 23.1 Å². The number of phenols is 1. The maximum atomic E-state index is 12.0. The predicted octanol–water partition coefficient (Wildman–Crippen LogP) is 2.90. The third-order valence-electron chi connectivity index (χ3n) is 1.48. The maximum Gasteiger partial charge on any atom is 0.455 e. The van der Waals surface area contributed by atoms with Gasteiger partial charge in [-0.3, -0.25) is 4.79 Å². The second kappa shape index (κ2) is 3.61. The molecule has 1 rings (SSSR count). The molecule has 0 radical (unpaired) electrons. The SMILES string of the molecule is O=C(c1c(O)cccc1Br)C(F)(F)F. The van der Waals surface area contributed by atoms with Gasteiger partial charge < -0.3 is 5.11 Å². The molecule has 0 saturated carbocycles. The molecule has 0 unspecified atom stereocenters. The van der Waals surface area contributed by atoms with Gasteiger partial charge in [0.15, 0.2) is 0 Å². The fourth-order valence-corrected chi connectivity index (χ4v) is 1.42. The molecule has 0 saturated heterocycles. The zero-order valence-corrected chi connectivity index (χ0v) is 8.19. The molecule has 6 heteroatoms. The summed E-state index contributed by atoms with van der Waals surface area (Å²) in [6, 6.07) is 3.59. The van der Waals surface area contributed by atoms with E-state index in [2.05, 4.69) is 15.9 Å². The number of aromatic hydroxyl groups is 1. The van der Waals surface area contributed by atoms with Crippen LogP contribution in [0, 0.1) is 0 Å². The molecule has 14 heavy (non-hydrogen) atoms. The van der Waals surface area contributed by atoms with E-state index in [0.29, 0.717) is 0 Å². The predicted molar refractivity (Wildman–Crippen MR) is 46.2 cm³/mol. The van der Waals surface area contributed by atoms with E-state index < -0.39 is 23.3 Å². The summed E-state index contributed by atoms with van der Waals surface area (Å²) in [5.74, 6) is -2.76. The summed E-state index contributed by atoms with van der Waals surface area (Å²) in [7, 11) is 0. The number of Topliss-reactive ketones (excluding diaryl/α,β-unsaturated/α-hetero) is 1. The zero-order valence-electron chi connectivity index (χ0n) is 6.60. The third kappa shape index (κ3) is 2.06. The summed E-state index contributed by atoms with van der Waals surface area (Å²) < 4.78 is 36.0. The van der Waals surface area contributed by atoms with Crippen molar-refractivity contribution in [3.8, 4) is 5.75 Å². The molecule has 1 N–H and O–H groups in total. The van der Waals surface area contributed by atoms with Gasteiger partial charge in [0.1, 0.15) is 5.75 Å². The third-order valence-corrected chi connectivity index (χ3v) is 2.14. The lowest BCUT2D eigenvalue weighted by Crippen LogP contribution is -2.23. The van der Waals surface area contributed by atoms with Gasteiger partial charge in [0.2, 0.25) is 0 Å². The van der Waals surface area contributed by atoms with Gasteiger partial charge in [0.05, 0.1) is 5.56 Å². The smallest absolute Gasteiger partial charge is 0.455 e. The summed E-state index contributed by atoms with van der Waals surface area (Å²) in [4.78, 5) is 10.8. The van der Waals surface area contributed by atoms with E-state index in [1.165, 1.54) is 12.1 Å². The number of ketones is 1. The van der Waals surface area contributed by atoms with Crippen LogP contribution in [0.4, 0.5) is 13.2 Å². The zero-order chi connectivity index (χ0) is 10.9. The summed E-state index contributed by atoms with van der Waals surface area (Å²) >= 11 is 2.76. The van der Waals surface area contributed by atoms with Crippen LogP contribution >= 0.6 is 15.9 Å². The monoisotopic (exact) mass is 268 g/mol. The molecule has 0 bridgehead atoms. The maximum absolute atomic E-state index is 12.0. The van der Waals surface area contributed by atoms with E-state index in [9.17, 15) is 18.0 Å². The molecule has 0 fully saturated rings. The van der Waals surface area contributed by atoms with Gasteiger partial charge in [-0.25, -0.2) is 0 Å². The molecule has 76 valence electrons. The van der Waals surface area contributed by atoms with Crippen LogP contribution in [0.5, 0.6) is 5.75 Å². The Balaban J connectivity index is 3.26. The normalized spacial score (nSPS) is 11.4. The van der Waals surface area contributed by atoms with Gasteiger partial charge in [-0.2, -0.15) is 13.2 Å². The molecule has 0 aliphatic heterocycles. The molecule has 1 aromatic carbocycles. The number of hydrogen-bond donors (Lipinski definition) is 1. The average Bonchev–Trinajstić information content (AvgIpc) is 2.01. The topological polar surface area (TPSA) is 37.3 Å². The number of carbonyl (C=O) groups excluding carboxylic acids is 1. The van der Waals surface area contributed by atoms with Gasteiger partial charge in [-0.05, 0) is 28.1 Å². The van der Waals surface area contributed by atoms with E-state index in [4.69, 9.17) is 5.11 Å². The van der Waals surface area contributed by atoms with E-state index >= 15 is 0 Å². The van der Waals surface area contributed by atoms with Crippen LogP contribution in [0.25, 0.3) is 0 Å². The molecule has 0 spiro atoms. The molecule has 0 aliphatic carbocycles. The lowest BCUT2D eigenvalue weighted by Gasteiger charge is -2.08. The van der Waals surface area contributed by atoms with Crippen molar-refractivity contribution >= 4 is 21.7 Å². The van der Waals surface area contributed by atoms with Crippen molar-refractivity contribution in [3.63, 3.8) is 0 Å². The van der Waals surface area contributed by atoms with Crippen LogP contribution in [0.2, 0.25) is 0 Å².